The molecule has 2 heterocycles. The quantitative estimate of drug-likeness (QED) is 0.737. The standard InChI is InChI=1S/C18H13N3O/c1-22-14-7-5-13(6-8-14)15-9-10-17(21-18(15)12-19)16-4-2-3-11-20-16/h2-11H,1H3. The summed E-state index contributed by atoms with van der Waals surface area (Å²) in [5, 5.41) is 9.39. The van der Waals surface area contributed by atoms with E-state index in [1.54, 1.807) is 13.3 Å². The summed E-state index contributed by atoms with van der Waals surface area (Å²) in [6.45, 7) is 0. The van der Waals surface area contributed by atoms with Crippen molar-refractivity contribution >= 4 is 0 Å². The molecule has 106 valence electrons. The van der Waals surface area contributed by atoms with E-state index < -0.39 is 0 Å². The zero-order chi connectivity index (χ0) is 15.4. The smallest absolute Gasteiger partial charge is 0.149 e. The maximum absolute atomic E-state index is 9.39. The Balaban J connectivity index is 2.04. The minimum Gasteiger partial charge on any atom is -0.497 e. The van der Waals surface area contributed by atoms with E-state index in [2.05, 4.69) is 16.0 Å². The molecule has 2 aromatic heterocycles. The van der Waals surface area contributed by atoms with Crippen LogP contribution in [0.25, 0.3) is 22.5 Å². The highest BCUT2D eigenvalue weighted by molar-refractivity contribution is 5.71. The van der Waals surface area contributed by atoms with Crippen molar-refractivity contribution in [3.63, 3.8) is 0 Å². The van der Waals surface area contributed by atoms with Crippen molar-refractivity contribution in [2.75, 3.05) is 7.11 Å². The fourth-order valence-corrected chi connectivity index (χ4v) is 2.20. The number of methoxy groups -OCH3 is 1. The zero-order valence-corrected chi connectivity index (χ0v) is 12.0. The van der Waals surface area contributed by atoms with Gasteiger partial charge in [0.15, 0.2) is 0 Å². The van der Waals surface area contributed by atoms with Gasteiger partial charge in [0.2, 0.25) is 0 Å². The molecule has 0 aliphatic rings. The number of aromatic nitrogens is 2. The first kappa shape index (κ1) is 13.8. The molecule has 0 N–H and O–H groups in total. The molecule has 0 bridgehead atoms. The van der Waals surface area contributed by atoms with E-state index in [1.165, 1.54) is 0 Å². The summed E-state index contributed by atoms with van der Waals surface area (Å²) >= 11 is 0. The predicted octanol–water partition coefficient (Wildman–Crippen LogP) is 3.69. The fraction of sp³-hybridized carbons (Fsp3) is 0.0556. The third-order valence-electron chi connectivity index (χ3n) is 3.33. The Labute approximate surface area is 128 Å². The van der Waals surface area contributed by atoms with Gasteiger partial charge in [-0.05, 0) is 42.0 Å². The average Bonchev–Trinajstić information content (AvgIpc) is 2.62. The molecule has 1 aromatic carbocycles. The monoisotopic (exact) mass is 287 g/mol. The molecule has 0 saturated carbocycles. The third kappa shape index (κ3) is 2.65. The van der Waals surface area contributed by atoms with Crippen LogP contribution in [0.15, 0.2) is 60.8 Å². The normalized spacial score (nSPS) is 10.0. The maximum atomic E-state index is 9.39. The van der Waals surface area contributed by atoms with Crippen LogP contribution in [0, 0.1) is 11.3 Å². The average molecular weight is 287 g/mol. The number of hydrogen-bond acceptors (Lipinski definition) is 4. The molecular formula is C18H13N3O. The van der Waals surface area contributed by atoms with Crippen molar-refractivity contribution in [3.05, 3.63) is 66.5 Å². The van der Waals surface area contributed by atoms with Gasteiger partial charge in [0, 0.05) is 11.8 Å². The third-order valence-corrected chi connectivity index (χ3v) is 3.33. The molecule has 3 aromatic rings. The van der Waals surface area contributed by atoms with Crippen LogP contribution in [0.5, 0.6) is 5.75 Å². The van der Waals surface area contributed by atoms with Crippen LogP contribution < -0.4 is 4.74 Å². The molecule has 3 rings (SSSR count). The summed E-state index contributed by atoms with van der Waals surface area (Å²) in [5.74, 6) is 0.778. The number of nitriles is 1. The Morgan fingerprint density at radius 1 is 0.955 bits per heavy atom. The predicted molar refractivity (Wildman–Crippen MR) is 84.2 cm³/mol. The van der Waals surface area contributed by atoms with Gasteiger partial charge in [-0.3, -0.25) is 4.98 Å². The van der Waals surface area contributed by atoms with Crippen LogP contribution in [-0.4, -0.2) is 17.1 Å². The van der Waals surface area contributed by atoms with E-state index in [9.17, 15) is 5.26 Å². The molecule has 0 radical (unpaired) electrons. The van der Waals surface area contributed by atoms with Gasteiger partial charge in [0.1, 0.15) is 17.5 Å². The van der Waals surface area contributed by atoms with Crippen molar-refractivity contribution in [2.24, 2.45) is 0 Å². The zero-order valence-electron chi connectivity index (χ0n) is 12.0. The topological polar surface area (TPSA) is 58.8 Å². The maximum Gasteiger partial charge on any atom is 0.149 e. The van der Waals surface area contributed by atoms with Gasteiger partial charge in [0.05, 0.1) is 18.5 Å². The number of ether oxygens (including phenoxy) is 1. The van der Waals surface area contributed by atoms with E-state index in [1.807, 2.05) is 54.6 Å². The van der Waals surface area contributed by atoms with Crippen LogP contribution in [0.3, 0.4) is 0 Å². The lowest BCUT2D eigenvalue weighted by atomic mass is 10.0. The first-order valence-electron chi connectivity index (χ1n) is 6.79. The highest BCUT2D eigenvalue weighted by atomic mass is 16.5. The summed E-state index contributed by atoms with van der Waals surface area (Å²) in [6, 6.07) is 19.1. The second-order valence-corrected chi connectivity index (χ2v) is 4.65. The number of nitrogens with zero attached hydrogens (tertiary/aromatic N) is 3. The van der Waals surface area contributed by atoms with Gasteiger partial charge < -0.3 is 4.74 Å². The molecule has 0 spiro atoms. The summed E-state index contributed by atoms with van der Waals surface area (Å²) in [4.78, 5) is 8.69. The molecule has 0 aliphatic heterocycles. The van der Waals surface area contributed by atoms with Gasteiger partial charge in [-0.1, -0.05) is 18.2 Å². The molecule has 0 aliphatic carbocycles. The first-order chi connectivity index (χ1) is 10.8. The highest BCUT2D eigenvalue weighted by Crippen LogP contribution is 2.26. The minimum atomic E-state index is 0.383. The Bertz CT molecular complexity index is 821. The van der Waals surface area contributed by atoms with E-state index >= 15 is 0 Å². The second-order valence-electron chi connectivity index (χ2n) is 4.65. The van der Waals surface area contributed by atoms with E-state index in [0.29, 0.717) is 11.4 Å². The molecule has 0 fully saturated rings. The van der Waals surface area contributed by atoms with Crippen LogP contribution in [-0.2, 0) is 0 Å². The van der Waals surface area contributed by atoms with Gasteiger partial charge in [-0.15, -0.1) is 0 Å². The lowest BCUT2D eigenvalue weighted by Crippen LogP contribution is -1.93. The summed E-state index contributed by atoms with van der Waals surface area (Å²) in [6.07, 6.45) is 1.71. The van der Waals surface area contributed by atoms with Crippen LogP contribution in [0.2, 0.25) is 0 Å². The Morgan fingerprint density at radius 3 is 2.41 bits per heavy atom. The van der Waals surface area contributed by atoms with Gasteiger partial charge in [-0.25, -0.2) is 4.98 Å². The molecule has 0 atom stereocenters. The number of rotatable bonds is 3. The van der Waals surface area contributed by atoms with Crippen molar-refractivity contribution in [2.45, 2.75) is 0 Å². The van der Waals surface area contributed by atoms with Gasteiger partial charge in [-0.2, -0.15) is 5.26 Å². The highest BCUT2D eigenvalue weighted by Gasteiger charge is 2.09. The summed E-state index contributed by atoms with van der Waals surface area (Å²) in [5.41, 5.74) is 3.55. The minimum absolute atomic E-state index is 0.383. The first-order valence-corrected chi connectivity index (χ1v) is 6.79. The molecule has 0 unspecified atom stereocenters. The summed E-state index contributed by atoms with van der Waals surface area (Å²) < 4.78 is 5.15. The molecule has 4 heteroatoms. The van der Waals surface area contributed by atoms with Crippen LogP contribution in [0.1, 0.15) is 5.69 Å². The van der Waals surface area contributed by atoms with Gasteiger partial charge >= 0.3 is 0 Å². The Kier molecular flexibility index (Phi) is 3.80. The van der Waals surface area contributed by atoms with Crippen LogP contribution >= 0.6 is 0 Å². The molecular weight excluding hydrogens is 274 g/mol. The van der Waals surface area contributed by atoms with Gasteiger partial charge in [0.25, 0.3) is 0 Å². The number of pyridine rings is 2. The SMILES string of the molecule is COc1ccc(-c2ccc(-c3ccccn3)nc2C#N)cc1. The molecule has 22 heavy (non-hydrogen) atoms. The van der Waals surface area contributed by atoms with Crippen LogP contribution in [0.4, 0.5) is 0 Å². The fourth-order valence-electron chi connectivity index (χ4n) is 2.20. The summed E-state index contributed by atoms with van der Waals surface area (Å²) in [7, 11) is 1.62. The second kappa shape index (κ2) is 6.06. The Hall–Kier alpha value is -3.19. The van der Waals surface area contributed by atoms with Crippen molar-refractivity contribution in [1.82, 2.24) is 9.97 Å². The van der Waals surface area contributed by atoms with Crippen molar-refractivity contribution < 1.29 is 4.74 Å². The van der Waals surface area contributed by atoms with E-state index in [4.69, 9.17) is 4.74 Å². The number of hydrogen-bond donors (Lipinski definition) is 0. The lowest BCUT2D eigenvalue weighted by Gasteiger charge is -2.07. The van der Waals surface area contributed by atoms with Crippen molar-refractivity contribution in [1.29, 1.82) is 5.26 Å². The molecule has 0 amide bonds. The molecule has 4 nitrogen and oxygen atoms in total. The number of benzene rings is 1. The van der Waals surface area contributed by atoms with E-state index in [0.717, 1.165) is 22.6 Å². The lowest BCUT2D eigenvalue weighted by molar-refractivity contribution is 0.415. The Morgan fingerprint density at radius 2 is 1.77 bits per heavy atom. The van der Waals surface area contributed by atoms with E-state index in [-0.39, 0.29) is 0 Å². The largest absolute Gasteiger partial charge is 0.497 e. The molecule has 0 saturated heterocycles. The van der Waals surface area contributed by atoms with Crippen molar-refractivity contribution in [3.8, 4) is 34.3 Å².